The highest BCUT2D eigenvalue weighted by Crippen LogP contribution is 1.94. The topological polar surface area (TPSA) is 59.6 Å². The smallest absolute Gasteiger partial charge is 0.239 e. The van der Waals surface area contributed by atoms with Crippen LogP contribution in [0.5, 0.6) is 0 Å². The quantitative estimate of drug-likeness (QED) is 0.600. The molecule has 1 saturated heterocycles. The molecule has 0 bridgehead atoms. The molecule has 1 atom stereocenters. The van der Waals surface area contributed by atoms with Crippen molar-refractivity contribution in [1.29, 1.82) is 0 Å². The van der Waals surface area contributed by atoms with E-state index in [0.717, 1.165) is 32.6 Å². The number of hydrogen-bond donors (Lipinski definition) is 2. The van der Waals surface area contributed by atoms with E-state index < -0.39 is 0 Å². The molecule has 1 heterocycles. The largest absolute Gasteiger partial charge is 0.382 e. The molecule has 1 fully saturated rings. The zero-order valence-corrected chi connectivity index (χ0v) is 9.96. The molecule has 1 aliphatic rings. The third-order valence-corrected chi connectivity index (χ3v) is 2.46. The fourth-order valence-corrected chi connectivity index (χ4v) is 1.54. The van der Waals surface area contributed by atoms with Gasteiger partial charge in [0.1, 0.15) is 6.04 Å². The van der Waals surface area contributed by atoms with Gasteiger partial charge in [-0.15, -0.1) is 0 Å². The number of nitrogens with one attached hydrogen (secondary N) is 2. The summed E-state index contributed by atoms with van der Waals surface area (Å²) < 4.78 is 10.4. The minimum atomic E-state index is -0.180. The molecule has 0 aromatic rings. The molecular formula is C11H22N2O3. The fraction of sp³-hybridized carbons (Fsp3) is 0.909. The third-order valence-electron chi connectivity index (χ3n) is 2.46. The van der Waals surface area contributed by atoms with Crippen LogP contribution in [0.25, 0.3) is 0 Å². The van der Waals surface area contributed by atoms with Crippen LogP contribution in [0.3, 0.4) is 0 Å². The van der Waals surface area contributed by atoms with Crippen molar-refractivity contribution in [3.63, 3.8) is 0 Å². The Morgan fingerprint density at radius 1 is 1.56 bits per heavy atom. The van der Waals surface area contributed by atoms with Crippen molar-refractivity contribution >= 4 is 5.91 Å². The van der Waals surface area contributed by atoms with Crippen molar-refractivity contribution < 1.29 is 14.3 Å². The maximum atomic E-state index is 11.6. The normalized spacial score (nSPS) is 20.7. The second-order valence-electron chi connectivity index (χ2n) is 3.78. The van der Waals surface area contributed by atoms with E-state index >= 15 is 0 Å². The number of morpholine rings is 1. The van der Waals surface area contributed by atoms with Crippen LogP contribution in [-0.2, 0) is 14.3 Å². The molecule has 0 radical (unpaired) electrons. The van der Waals surface area contributed by atoms with Gasteiger partial charge in [-0.3, -0.25) is 4.79 Å². The zero-order valence-electron chi connectivity index (χ0n) is 9.96. The van der Waals surface area contributed by atoms with Crippen molar-refractivity contribution in [3.05, 3.63) is 0 Å². The predicted octanol–water partition coefficient (Wildman–Crippen LogP) is -0.0923. The first-order chi connectivity index (χ1) is 7.84. The second-order valence-corrected chi connectivity index (χ2v) is 3.78. The summed E-state index contributed by atoms with van der Waals surface area (Å²) >= 11 is 0. The molecule has 94 valence electrons. The first kappa shape index (κ1) is 13.4. The van der Waals surface area contributed by atoms with Crippen LogP contribution in [0.4, 0.5) is 0 Å². The maximum absolute atomic E-state index is 11.6. The van der Waals surface area contributed by atoms with Crippen LogP contribution in [0.2, 0.25) is 0 Å². The Bertz CT molecular complexity index is 194. The highest BCUT2D eigenvalue weighted by atomic mass is 16.5. The van der Waals surface area contributed by atoms with Gasteiger partial charge in [0.05, 0.1) is 13.2 Å². The lowest BCUT2D eigenvalue weighted by Gasteiger charge is -2.22. The Morgan fingerprint density at radius 3 is 3.12 bits per heavy atom. The number of hydrogen-bond acceptors (Lipinski definition) is 4. The van der Waals surface area contributed by atoms with Crippen LogP contribution in [0, 0.1) is 0 Å². The van der Waals surface area contributed by atoms with Crippen molar-refractivity contribution in [3.8, 4) is 0 Å². The monoisotopic (exact) mass is 230 g/mol. The summed E-state index contributed by atoms with van der Waals surface area (Å²) in [5.41, 5.74) is 0. The van der Waals surface area contributed by atoms with E-state index in [1.54, 1.807) is 0 Å². The summed E-state index contributed by atoms with van der Waals surface area (Å²) in [5, 5.41) is 6.01. The Morgan fingerprint density at radius 2 is 2.44 bits per heavy atom. The van der Waals surface area contributed by atoms with Crippen LogP contribution in [0.1, 0.15) is 19.8 Å². The van der Waals surface area contributed by atoms with E-state index in [9.17, 15) is 4.79 Å². The Hall–Kier alpha value is -0.650. The van der Waals surface area contributed by atoms with Crippen molar-refractivity contribution in [2.75, 3.05) is 39.5 Å². The minimum Gasteiger partial charge on any atom is -0.382 e. The molecule has 1 amide bonds. The number of amides is 1. The molecule has 1 rings (SSSR count). The van der Waals surface area contributed by atoms with E-state index in [1.807, 2.05) is 6.92 Å². The fourth-order valence-electron chi connectivity index (χ4n) is 1.54. The van der Waals surface area contributed by atoms with Gasteiger partial charge < -0.3 is 20.1 Å². The van der Waals surface area contributed by atoms with Crippen LogP contribution in [-0.4, -0.2) is 51.5 Å². The molecule has 0 aromatic heterocycles. The molecule has 1 unspecified atom stereocenters. The number of carbonyl (C=O) groups is 1. The lowest BCUT2D eigenvalue weighted by Crippen LogP contribution is -2.51. The average molecular weight is 230 g/mol. The number of rotatable bonds is 7. The molecule has 16 heavy (non-hydrogen) atoms. The van der Waals surface area contributed by atoms with Gasteiger partial charge in [0.25, 0.3) is 0 Å². The van der Waals surface area contributed by atoms with Gasteiger partial charge in [-0.2, -0.15) is 0 Å². The van der Waals surface area contributed by atoms with E-state index in [0.29, 0.717) is 19.8 Å². The number of carbonyl (C=O) groups excluding carboxylic acids is 1. The average Bonchev–Trinajstić information content (AvgIpc) is 2.34. The van der Waals surface area contributed by atoms with Crippen LogP contribution < -0.4 is 10.6 Å². The van der Waals surface area contributed by atoms with Gasteiger partial charge >= 0.3 is 0 Å². The first-order valence-electron chi connectivity index (χ1n) is 6.01. The van der Waals surface area contributed by atoms with E-state index in [4.69, 9.17) is 9.47 Å². The van der Waals surface area contributed by atoms with Crippen molar-refractivity contribution in [2.24, 2.45) is 0 Å². The molecule has 0 spiro atoms. The molecule has 2 N–H and O–H groups in total. The lowest BCUT2D eigenvalue weighted by atomic mass is 10.2. The molecule has 1 aliphatic heterocycles. The maximum Gasteiger partial charge on any atom is 0.239 e. The SMILES string of the molecule is CCOCCCCNC(=O)C1COCCN1. The standard InChI is InChI=1S/C11H22N2O3/c1-2-15-7-4-3-5-13-11(14)10-9-16-8-6-12-10/h10,12H,2-9H2,1H3,(H,13,14). The van der Waals surface area contributed by atoms with Crippen LogP contribution in [0.15, 0.2) is 0 Å². The Labute approximate surface area is 96.9 Å². The van der Waals surface area contributed by atoms with Gasteiger partial charge in [-0.05, 0) is 19.8 Å². The number of ether oxygens (including phenoxy) is 2. The highest BCUT2D eigenvalue weighted by molar-refractivity contribution is 5.81. The van der Waals surface area contributed by atoms with Gasteiger partial charge in [0.15, 0.2) is 0 Å². The van der Waals surface area contributed by atoms with E-state index in [1.165, 1.54) is 0 Å². The van der Waals surface area contributed by atoms with Crippen LogP contribution >= 0.6 is 0 Å². The van der Waals surface area contributed by atoms with Gasteiger partial charge in [-0.1, -0.05) is 0 Å². The third kappa shape index (κ3) is 5.44. The molecular weight excluding hydrogens is 208 g/mol. The molecule has 0 aromatic carbocycles. The van der Waals surface area contributed by atoms with Crippen molar-refractivity contribution in [1.82, 2.24) is 10.6 Å². The molecule has 5 heteroatoms. The highest BCUT2D eigenvalue weighted by Gasteiger charge is 2.20. The van der Waals surface area contributed by atoms with Gasteiger partial charge in [0, 0.05) is 26.3 Å². The summed E-state index contributed by atoms with van der Waals surface area (Å²) in [6, 6.07) is -0.180. The summed E-state index contributed by atoms with van der Waals surface area (Å²) in [7, 11) is 0. The zero-order chi connectivity index (χ0) is 11.6. The minimum absolute atomic E-state index is 0.0381. The molecule has 0 saturated carbocycles. The summed E-state index contributed by atoms with van der Waals surface area (Å²) in [6.07, 6.45) is 1.95. The van der Waals surface area contributed by atoms with Gasteiger partial charge in [0.2, 0.25) is 5.91 Å². The predicted molar refractivity (Wildman–Crippen MR) is 61.3 cm³/mol. The Kier molecular flexibility index (Phi) is 7.12. The second kappa shape index (κ2) is 8.50. The number of unbranched alkanes of at least 4 members (excludes halogenated alkanes) is 1. The van der Waals surface area contributed by atoms with E-state index in [-0.39, 0.29) is 11.9 Å². The molecule has 0 aliphatic carbocycles. The lowest BCUT2D eigenvalue weighted by molar-refractivity contribution is -0.125. The first-order valence-corrected chi connectivity index (χ1v) is 6.01. The Balaban J connectivity index is 1.97. The summed E-state index contributed by atoms with van der Waals surface area (Å²) in [6.45, 7) is 6.15. The summed E-state index contributed by atoms with van der Waals surface area (Å²) in [4.78, 5) is 11.6. The van der Waals surface area contributed by atoms with Crippen molar-refractivity contribution in [2.45, 2.75) is 25.8 Å². The van der Waals surface area contributed by atoms with E-state index in [2.05, 4.69) is 10.6 Å². The molecule has 5 nitrogen and oxygen atoms in total. The van der Waals surface area contributed by atoms with Gasteiger partial charge in [-0.25, -0.2) is 0 Å². The summed E-state index contributed by atoms with van der Waals surface area (Å²) in [5.74, 6) is 0.0381.